The van der Waals surface area contributed by atoms with Crippen LogP contribution in [0.25, 0.3) is 0 Å². The fourth-order valence-corrected chi connectivity index (χ4v) is 3.15. The molecular formula is C20H24O. The van der Waals surface area contributed by atoms with Gasteiger partial charge in [-0.1, -0.05) is 68.4 Å². The second-order valence-electron chi connectivity index (χ2n) is 6.34. The van der Waals surface area contributed by atoms with Crippen LogP contribution in [0.15, 0.2) is 54.6 Å². The molecule has 0 radical (unpaired) electrons. The van der Waals surface area contributed by atoms with Crippen molar-refractivity contribution < 1.29 is 5.11 Å². The van der Waals surface area contributed by atoms with Gasteiger partial charge in [0.15, 0.2) is 0 Å². The number of aliphatic hydroxyl groups is 1. The van der Waals surface area contributed by atoms with Crippen molar-refractivity contribution in [2.24, 2.45) is 5.92 Å². The van der Waals surface area contributed by atoms with E-state index in [-0.39, 0.29) is 6.10 Å². The molecule has 0 aromatic heterocycles. The van der Waals surface area contributed by atoms with Crippen LogP contribution < -0.4 is 0 Å². The summed E-state index contributed by atoms with van der Waals surface area (Å²) in [5, 5.41) is 10.6. The van der Waals surface area contributed by atoms with E-state index in [2.05, 4.69) is 62.4 Å². The Balaban J connectivity index is 1.68. The van der Waals surface area contributed by atoms with E-state index in [9.17, 15) is 5.11 Å². The smallest absolute Gasteiger partial charge is 0.0824 e. The van der Waals surface area contributed by atoms with Crippen LogP contribution in [-0.4, -0.2) is 5.11 Å². The van der Waals surface area contributed by atoms with Crippen molar-refractivity contribution in [1.82, 2.24) is 0 Å². The van der Waals surface area contributed by atoms with Crippen molar-refractivity contribution in [3.63, 3.8) is 0 Å². The third kappa shape index (κ3) is 3.03. The molecule has 0 bridgehead atoms. The van der Waals surface area contributed by atoms with E-state index < -0.39 is 0 Å². The van der Waals surface area contributed by atoms with Crippen LogP contribution in [0.5, 0.6) is 0 Å². The van der Waals surface area contributed by atoms with E-state index in [1.807, 2.05) is 6.07 Å². The minimum atomic E-state index is -0.332. The van der Waals surface area contributed by atoms with Crippen LogP contribution in [-0.2, 0) is 0 Å². The second-order valence-corrected chi connectivity index (χ2v) is 6.34. The Hall–Kier alpha value is -1.60. The zero-order chi connectivity index (χ0) is 14.8. The molecule has 0 amide bonds. The van der Waals surface area contributed by atoms with Gasteiger partial charge in [0.1, 0.15) is 0 Å². The molecule has 21 heavy (non-hydrogen) atoms. The lowest BCUT2D eigenvalue weighted by Gasteiger charge is -2.14. The molecular weight excluding hydrogens is 256 g/mol. The maximum absolute atomic E-state index is 10.6. The van der Waals surface area contributed by atoms with Gasteiger partial charge in [0.25, 0.3) is 0 Å². The summed E-state index contributed by atoms with van der Waals surface area (Å²) >= 11 is 0. The van der Waals surface area contributed by atoms with Gasteiger partial charge in [0.2, 0.25) is 0 Å². The first kappa shape index (κ1) is 14.3. The fraction of sp³-hybridized carbons (Fsp3) is 0.400. The van der Waals surface area contributed by atoms with Gasteiger partial charge in [-0.15, -0.1) is 0 Å². The maximum atomic E-state index is 10.6. The van der Waals surface area contributed by atoms with Gasteiger partial charge in [-0.2, -0.15) is 0 Å². The Morgan fingerprint density at radius 3 is 2.24 bits per heavy atom. The Morgan fingerprint density at radius 2 is 1.62 bits per heavy atom. The number of aliphatic hydroxyl groups excluding tert-OH is 1. The van der Waals surface area contributed by atoms with Crippen molar-refractivity contribution in [3.8, 4) is 0 Å². The monoisotopic (exact) mass is 280 g/mol. The molecule has 0 heterocycles. The first-order chi connectivity index (χ1) is 10.2. The maximum Gasteiger partial charge on any atom is 0.0824 e. The van der Waals surface area contributed by atoms with Gasteiger partial charge >= 0.3 is 0 Å². The lowest BCUT2D eigenvalue weighted by Crippen LogP contribution is -2.02. The van der Waals surface area contributed by atoms with Crippen molar-refractivity contribution in [1.29, 1.82) is 0 Å². The zero-order valence-electron chi connectivity index (χ0n) is 12.9. The Bertz CT molecular complexity index is 573. The van der Waals surface area contributed by atoms with E-state index in [1.54, 1.807) is 0 Å². The third-order valence-corrected chi connectivity index (χ3v) is 4.93. The van der Waals surface area contributed by atoms with E-state index in [4.69, 9.17) is 0 Å². The van der Waals surface area contributed by atoms with Gasteiger partial charge in [-0.3, -0.25) is 0 Å². The van der Waals surface area contributed by atoms with Crippen LogP contribution in [0, 0.1) is 5.92 Å². The minimum absolute atomic E-state index is 0.332. The molecule has 1 fully saturated rings. The summed E-state index contributed by atoms with van der Waals surface area (Å²) in [6, 6.07) is 19.1. The molecule has 1 aliphatic rings. The first-order valence-corrected chi connectivity index (χ1v) is 8.03. The SMILES string of the molecule is CCC(C)c1ccc(C(O)C2CC2c2ccccc2)cc1. The minimum Gasteiger partial charge on any atom is -0.388 e. The summed E-state index contributed by atoms with van der Waals surface area (Å²) in [4.78, 5) is 0. The molecule has 0 spiro atoms. The Morgan fingerprint density at radius 1 is 1.00 bits per heavy atom. The Kier molecular flexibility index (Phi) is 4.12. The summed E-state index contributed by atoms with van der Waals surface area (Å²) in [7, 11) is 0. The molecule has 1 heteroatoms. The number of hydrogen-bond donors (Lipinski definition) is 1. The molecule has 1 N–H and O–H groups in total. The van der Waals surface area contributed by atoms with Crippen LogP contribution in [0.2, 0.25) is 0 Å². The highest BCUT2D eigenvalue weighted by Gasteiger charge is 2.43. The highest BCUT2D eigenvalue weighted by molar-refractivity contribution is 5.31. The molecule has 4 unspecified atom stereocenters. The first-order valence-electron chi connectivity index (χ1n) is 8.03. The normalized spacial score (nSPS) is 23.6. The third-order valence-electron chi connectivity index (χ3n) is 4.93. The average Bonchev–Trinajstić information content (AvgIpc) is 3.35. The average molecular weight is 280 g/mol. The van der Waals surface area contributed by atoms with Gasteiger partial charge in [-0.25, -0.2) is 0 Å². The van der Waals surface area contributed by atoms with E-state index >= 15 is 0 Å². The van der Waals surface area contributed by atoms with Gasteiger partial charge < -0.3 is 5.11 Å². The van der Waals surface area contributed by atoms with Crippen molar-refractivity contribution in [2.75, 3.05) is 0 Å². The standard InChI is InChI=1S/C20H24O/c1-3-14(2)15-9-11-17(12-10-15)20(21)19-13-18(19)16-7-5-4-6-8-16/h4-12,14,18-21H,3,13H2,1-2H3. The predicted octanol–water partition coefficient (Wildman–Crippen LogP) is 5.04. The zero-order valence-corrected chi connectivity index (χ0v) is 12.9. The molecule has 0 aliphatic heterocycles. The topological polar surface area (TPSA) is 20.2 Å². The molecule has 3 rings (SSSR count). The van der Waals surface area contributed by atoms with Crippen LogP contribution in [0.4, 0.5) is 0 Å². The molecule has 1 aliphatic carbocycles. The van der Waals surface area contributed by atoms with Crippen LogP contribution >= 0.6 is 0 Å². The molecule has 2 aromatic rings. The summed E-state index contributed by atoms with van der Waals surface area (Å²) in [5.41, 5.74) is 3.78. The summed E-state index contributed by atoms with van der Waals surface area (Å²) in [6.45, 7) is 4.46. The van der Waals surface area contributed by atoms with E-state index in [1.165, 1.54) is 11.1 Å². The fourth-order valence-electron chi connectivity index (χ4n) is 3.15. The van der Waals surface area contributed by atoms with Crippen molar-refractivity contribution in [3.05, 3.63) is 71.3 Å². The van der Waals surface area contributed by atoms with Gasteiger partial charge in [0.05, 0.1) is 6.10 Å². The number of benzene rings is 2. The molecule has 0 saturated heterocycles. The summed E-state index contributed by atoms with van der Waals surface area (Å²) in [6.07, 6.45) is 1.92. The molecule has 2 aromatic carbocycles. The Labute approximate surface area is 127 Å². The van der Waals surface area contributed by atoms with E-state index in [0.717, 1.165) is 18.4 Å². The summed E-state index contributed by atoms with van der Waals surface area (Å²) < 4.78 is 0. The summed E-state index contributed by atoms with van der Waals surface area (Å²) in [5.74, 6) is 1.49. The highest BCUT2D eigenvalue weighted by atomic mass is 16.3. The predicted molar refractivity (Wildman–Crippen MR) is 87.4 cm³/mol. The van der Waals surface area contributed by atoms with Crippen LogP contribution in [0.1, 0.15) is 61.3 Å². The van der Waals surface area contributed by atoms with Crippen molar-refractivity contribution >= 4 is 0 Å². The highest BCUT2D eigenvalue weighted by Crippen LogP contribution is 2.53. The van der Waals surface area contributed by atoms with Crippen LogP contribution in [0.3, 0.4) is 0 Å². The van der Waals surface area contributed by atoms with Crippen molar-refractivity contribution in [2.45, 2.75) is 44.6 Å². The van der Waals surface area contributed by atoms with Gasteiger partial charge in [-0.05, 0) is 47.3 Å². The lowest BCUT2D eigenvalue weighted by atomic mass is 9.95. The molecule has 1 saturated carbocycles. The molecule has 4 atom stereocenters. The van der Waals surface area contributed by atoms with Gasteiger partial charge in [0, 0.05) is 0 Å². The second kappa shape index (κ2) is 6.03. The molecule has 1 nitrogen and oxygen atoms in total. The number of hydrogen-bond acceptors (Lipinski definition) is 1. The lowest BCUT2D eigenvalue weighted by molar-refractivity contribution is 0.151. The molecule has 110 valence electrons. The number of rotatable bonds is 5. The largest absolute Gasteiger partial charge is 0.388 e. The quantitative estimate of drug-likeness (QED) is 0.813. The van der Waals surface area contributed by atoms with E-state index in [0.29, 0.717) is 17.8 Å².